The van der Waals surface area contributed by atoms with Gasteiger partial charge in [-0.3, -0.25) is 9.36 Å². The minimum absolute atomic E-state index is 0.216. The van der Waals surface area contributed by atoms with Crippen LogP contribution in [0, 0.1) is 0 Å². The van der Waals surface area contributed by atoms with Gasteiger partial charge in [0.05, 0.1) is 22.9 Å². The molecule has 0 saturated heterocycles. The van der Waals surface area contributed by atoms with Crippen molar-refractivity contribution in [1.82, 2.24) is 23.3 Å². The molecule has 0 aliphatic carbocycles. The third-order valence-corrected chi connectivity index (χ3v) is 4.80. The number of rotatable bonds is 3. The molecule has 1 amide bonds. The molecule has 0 saturated carbocycles. The number of imidazole rings is 1. The van der Waals surface area contributed by atoms with Crippen LogP contribution in [0.1, 0.15) is 10.4 Å². The molecule has 130 valence electrons. The molecule has 3 aromatic heterocycles. The van der Waals surface area contributed by atoms with Crippen molar-refractivity contribution >= 4 is 45.3 Å². The average Bonchev–Trinajstić information content (AvgIpc) is 3.39. The predicted octanol–water partition coefficient (Wildman–Crippen LogP) is 3.68. The molecule has 0 unspecified atom stereocenters. The monoisotopic (exact) mass is 372 g/mol. The Labute approximate surface area is 157 Å². The first kappa shape index (κ1) is 15.6. The van der Waals surface area contributed by atoms with Crippen LogP contribution in [-0.2, 0) is 0 Å². The Morgan fingerprint density at radius 3 is 2.85 bits per heavy atom. The maximum Gasteiger partial charge on any atom is 0.255 e. The standard InChI is InChI=1S/C19H12N6OS/c26-19(13-4-6-14-16(10-13)24-27-23-14)21-15-3-1-2-12-5-7-17(22-18(12)15)25-9-8-20-11-25/h1-11H,(H,21,26). The van der Waals surface area contributed by atoms with E-state index in [0.29, 0.717) is 22.3 Å². The van der Waals surface area contributed by atoms with Gasteiger partial charge in [-0.1, -0.05) is 12.1 Å². The summed E-state index contributed by atoms with van der Waals surface area (Å²) in [5.74, 6) is 0.518. The number of carbonyl (C=O) groups excluding carboxylic acids is 1. The Balaban J connectivity index is 1.53. The van der Waals surface area contributed by atoms with E-state index in [-0.39, 0.29) is 5.91 Å². The van der Waals surface area contributed by atoms with Crippen LogP contribution >= 0.6 is 11.7 Å². The fraction of sp³-hybridized carbons (Fsp3) is 0. The summed E-state index contributed by atoms with van der Waals surface area (Å²) in [5, 5.41) is 3.90. The molecule has 0 fully saturated rings. The molecule has 0 bridgehead atoms. The van der Waals surface area contributed by atoms with Crippen molar-refractivity contribution in [1.29, 1.82) is 0 Å². The summed E-state index contributed by atoms with van der Waals surface area (Å²) in [7, 11) is 0. The highest BCUT2D eigenvalue weighted by atomic mass is 32.1. The fourth-order valence-corrected chi connectivity index (χ4v) is 3.41. The highest BCUT2D eigenvalue weighted by Crippen LogP contribution is 2.24. The smallest absolute Gasteiger partial charge is 0.255 e. The zero-order valence-electron chi connectivity index (χ0n) is 13.9. The van der Waals surface area contributed by atoms with Gasteiger partial charge >= 0.3 is 0 Å². The largest absolute Gasteiger partial charge is 0.320 e. The summed E-state index contributed by atoms with van der Waals surface area (Å²) in [4.78, 5) is 21.5. The van der Waals surface area contributed by atoms with Gasteiger partial charge in [-0.05, 0) is 36.4 Å². The maximum absolute atomic E-state index is 12.7. The van der Waals surface area contributed by atoms with Gasteiger partial charge in [-0.15, -0.1) is 0 Å². The van der Waals surface area contributed by atoms with Crippen molar-refractivity contribution in [2.24, 2.45) is 0 Å². The van der Waals surface area contributed by atoms with E-state index in [0.717, 1.165) is 28.4 Å². The van der Waals surface area contributed by atoms with Crippen molar-refractivity contribution in [3.8, 4) is 5.82 Å². The van der Waals surface area contributed by atoms with E-state index in [9.17, 15) is 4.79 Å². The Kier molecular flexibility index (Phi) is 3.61. The van der Waals surface area contributed by atoms with Crippen LogP contribution in [-0.4, -0.2) is 29.2 Å². The number of aromatic nitrogens is 5. The second-order valence-electron chi connectivity index (χ2n) is 5.94. The number of anilines is 1. The van der Waals surface area contributed by atoms with E-state index in [1.54, 1.807) is 30.7 Å². The van der Waals surface area contributed by atoms with Gasteiger partial charge in [0.2, 0.25) is 0 Å². The fourth-order valence-electron chi connectivity index (χ4n) is 2.89. The lowest BCUT2D eigenvalue weighted by atomic mass is 10.1. The number of fused-ring (bicyclic) bond motifs is 2. The summed E-state index contributed by atoms with van der Waals surface area (Å²) in [6.45, 7) is 0. The summed E-state index contributed by atoms with van der Waals surface area (Å²) < 4.78 is 10.2. The predicted molar refractivity (Wildman–Crippen MR) is 104 cm³/mol. The van der Waals surface area contributed by atoms with E-state index in [1.165, 1.54) is 0 Å². The number of nitrogens with zero attached hydrogens (tertiary/aromatic N) is 5. The number of hydrogen-bond donors (Lipinski definition) is 1. The molecule has 27 heavy (non-hydrogen) atoms. The van der Waals surface area contributed by atoms with Crippen molar-refractivity contribution < 1.29 is 4.79 Å². The first-order valence-corrected chi connectivity index (χ1v) is 8.93. The molecule has 1 N–H and O–H groups in total. The second kappa shape index (κ2) is 6.26. The molecule has 0 aliphatic rings. The van der Waals surface area contributed by atoms with Gasteiger partial charge in [-0.25, -0.2) is 9.97 Å². The third-order valence-electron chi connectivity index (χ3n) is 4.24. The maximum atomic E-state index is 12.7. The van der Waals surface area contributed by atoms with Crippen molar-refractivity contribution in [2.45, 2.75) is 0 Å². The van der Waals surface area contributed by atoms with Gasteiger partial charge in [0.25, 0.3) is 5.91 Å². The number of nitrogens with one attached hydrogen (secondary N) is 1. The third kappa shape index (κ3) is 2.81. The Hall–Kier alpha value is -3.65. The van der Waals surface area contributed by atoms with E-state index < -0.39 is 0 Å². The molecule has 0 aliphatic heterocycles. The van der Waals surface area contributed by atoms with Crippen LogP contribution in [0.3, 0.4) is 0 Å². The first-order chi connectivity index (χ1) is 13.3. The zero-order chi connectivity index (χ0) is 18.2. The van der Waals surface area contributed by atoms with Crippen LogP contribution in [0.4, 0.5) is 5.69 Å². The Morgan fingerprint density at radius 1 is 1.04 bits per heavy atom. The molecule has 5 aromatic rings. The number of pyridine rings is 1. The summed E-state index contributed by atoms with van der Waals surface area (Å²) in [6.07, 6.45) is 5.21. The molecule has 0 atom stereocenters. The normalized spacial score (nSPS) is 11.1. The van der Waals surface area contributed by atoms with Gasteiger partial charge < -0.3 is 5.32 Å². The molecule has 8 heteroatoms. The van der Waals surface area contributed by atoms with E-state index in [1.807, 2.05) is 41.1 Å². The zero-order valence-corrected chi connectivity index (χ0v) is 14.7. The molecule has 0 spiro atoms. The quantitative estimate of drug-likeness (QED) is 0.522. The average molecular weight is 372 g/mol. The van der Waals surface area contributed by atoms with Crippen LogP contribution in [0.5, 0.6) is 0 Å². The van der Waals surface area contributed by atoms with Crippen LogP contribution in [0.2, 0.25) is 0 Å². The van der Waals surface area contributed by atoms with Gasteiger partial charge in [0, 0.05) is 23.3 Å². The molecule has 3 heterocycles. The highest BCUT2D eigenvalue weighted by molar-refractivity contribution is 7.00. The molecule has 0 radical (unpaired) electrons. The summed E-state index contributed by atoms with van der Waals surface area (Å²) in [6, 6.07) is 14.9. The van der Waals surface area contributed by atoms with Crippen molar-refractivity contribution in [3.05, 3.63) is 72.8 Å². The topological polar surface area (TPSA) is 85.6 Å². The summed E-state index contributed by atoms with van der Waals surface area (Å²) in [5.41, 5.74) is 3.39. The van der Waals surface area contributed by atoms with Gasteiger partial charge in [0.1, 0.15) is 23.2 Å². The van der Waals surface area contributed by atoms with Gasteiger partial charge in [-0.2, -0.15) is 8.75 Å². The Bertz CT molecular complexity index is 1280. The molecule has 5 rings (SSSR count). The molecule has 7 nitrogen and oxygen atoms in total. The minimum atomic E-state index is -0.216. The van der Waals surface area contributed by atoms with E-state index >= 15 is 0 Å². The lowest BCUT2D eigenvalue weighted by Crippen LogP contribution is -2.12. The first-order valence-electron chi connectivity index (χ1n) is 8.20. The van der Waals surface area contributed by atoms with Crippen LogP contribution in [0.15, 0.2) is 67.3 Å². The van der Waals surface area contributed by atoms with Gasteiger partial charge in [0.15, 0.2) is 0 Å². The van der Waals surface area contributed by atoms with Crippen LogP contribution in [0.25, 0.3) is 27.8 Å². The number of hydrogen-bond acceptors (Lipinski definition) is 6. The lowest BCUT2D eigenvalue weighted by Gasteiger charge is -2.10. The number of amides is 1. The van der Waals surface area contributed by atoms with Crippen molar-refractivity contribution in [2.75, 3.05) is 5.32 Å². The molecule has 2 aromatic carbocycles. The van der Waals surface area contributed by atoms with Crippen molar-refractivity contribution in [3.63, 3.8) is 0 Å². The minimum Gasteiger partial charge on any atom is -0.320 e. The second-order valence-corrected chi connectivity index (χ2v) is 6.47. The van der Waals surface area contributed by atoms with E-state index in [4.69, 9.17) is 4.98 Å². The Morgan fingerprint density at radius 2 is 1.96 bits per heavy atom. The van der Waals surface area contributed by atoms with E-state index in [2.05, 4.69) is 19.0 Å². The summed E-state index contributed by atoms with van der Waals surface area (Å²) >= 11 is 1.13. The lowest BCUT2D eigenvalue weighted by molar-refractivity contribution is 0.102. The number of benzene rings is 2. The van der Waals surface area contributed by atoms with Crippen LogP contribution < -0.4 is 5.32 Å². The molecular formula is C19H12N6OS. The number of para-hydroxylation sites is 1. The molecular weight excluding hydrogens is 360 g/mol. The SMILES string of the molecule is O=C(Nc1cccc2ccc(-n3ccnc3)nc12)c1ccc2nsnc2c1. The highest BCUT2D eigenvalue weighted by Gasteiger charge is 2.12. The number of carbonyl (C=O) groups is 1.